The Labute approximate surface area is 388 Å². The number of carbonyl (C=O) groups is 2. The summed E-state index contributed by atoms with van der Waals surface area (Å²) in [5, 5.41) is 0. The summed E-state index contributed by atoms with van der Waals surface area (Å²) in [6.07, 6.45) is 6.00. The predicted octanol–water partition coefficient (Wildman–Crippen LogP) is 9.33. The lowest BCUT2D eigenvalue weighted by Crippen LogP contribution is -2.41. The summed E-state index contributed by atoms with van der Waals surface area (Å²) in [7, 11) is -0.430. The summed E-state index contributed by atoms with van der Waals surface area (Å²) < 4.78 is 24.6. The van der Waals surface area contributed by atoms with Gasteiger partial charge in [-0.3, -0.25) is 9.80 Å². The quantitative estimate of drug-likeness (QED) is 0.119. The van der Waals surface area contributed by atoms with Crippen molar-refractivity contribution in [2.24, 2.45) is 0 Å². The first-order valence-corrected chi connectivity index (χ1v) is 21.8. The molecule has 3 fully saturated rings. The van der Waals surface area contributed by atoms with Crippen molar-refractivity contribution in [1.82, 2.24) is 19.9 Å². The SMILES string of the molecule is CC1(C)OC(=O)N(c2ccc(-c3cnc(N)nc3)cc2)[C@H]1c1ccccc1.CC1(C)OC(=O)N(c2ccc(B3OC(C)(C)C(C)(C)O3)cc2)[C@H]1c1ccccc1.Nc1ncc(I)cn1. The third-order valence-corrected chi connectivity index (χ3v) is 12.2. The number of amides is 2. The summed E-state index contributed by atoms with van der Waals surface area (Å²) >= 11 is 2.12. The molecule has 3 aliphatic heterocycles. The minimum absolute atomic E-state index is 0.209. The van der Waals surface area contributed by atoms with Crippen molar-refractivity contribution in [1.29, 1.82) is 0 Å². The molecule has 64 heavy (non-hydrogen) atoms. The van der Waals surface area contributed by atoms with Gasteiger partial charge in [0.05, 0.1) is 11.2 Å². The molecule has 0 spiro atoms. The number of hydrogen-bond donors (Lipinski definition) is 2. The van der Waals surface area contributed by atoms with Crippen LogP contribution in [-0.2, 0) is 18.8 Å². The minimum Gasteiger partial charge on any atom is -0.441 e. The first-order valence-electron chi connectivity index (χ1n) is 20.8. The Bertz CT molecular complexity index is 2510. The molecule has 0 bridgehead atoms. The summed E-state index contributed by atoms with van der Waals surface area (Å²) in [5.74, 6) is 0.563. The van der Waals surface area contributed by atoms with Gasteiger partial charge in [-0.2, -0.15) is 0 Å². The number of carbonyl (C=O) groups excluding carboxylic acids is 2. The molecule has 3 saturated heterocycles. The van der Waals surface area contributed by atoms with Crippen LogP contribution in [0.25, 0.3) is 11.1 Å². The van der Waals surface area contributed by atoms with Crippen LogP contribution in [0.5, 0.6) is 0 Å². The van der Waals surface area contributed by atoms with E-state index in [2.05, 4.69) is 42.5 Å². The normalized spacial score (nSPS) is 20.0. The number of nitrogen functional groups attached to an aromatic ring is 2. The van der Waals surface area contributed by atoms with E-state index >= 15 is 0 Å². The van der Waals surface area contributed by atoms with Crippen molar-refractivity contribution >= 4 is 70.6 Å². The van der Waals surface area contributed by atoms with Gasteiger partial charge in [0, 0.05) is 45.3 Å². The van der Waals surface area contributed by atoms with Gasteiger partial charge in [-0.15, -0.1) is 0 Å². The number of aromatic nitrogens is 4. The molecule has 0 unspecified atom stereocenters. The molecule has 0 radical (unpaired) electrons. The molecule has 4 N–H and O–H groups in total. The van der Waals surface area contributed by atoms with Crippen LogP contribution in [0, 0.1) is 3.57 Å². The van der Waals surface area contributed by atoms with Gasteiger partial charge in [0.1, 0.15) is 23.3 Å². The maximum absolute atomic E-state index is 12.7. The van der Waals surface area contributed by atoms with Crippen LogP contribution in [0.15, 0.2) is 134 Å². The van der Waals surface area contributed by atoms with Crippen LogP contribution in [0.1, 0.15) is 78.6 Å². The third-order valence-electron chi connectivity index (χ3n) is 11.6. The van der Waals surface area contributed by atoms with E-state index in [-0.39, 0.29) is 30.2 Å². The van der Waals surface area contributed by atoms with E-state index in [0.717, 1.165) is 42.7 Å². The van der Waals surface area contributed by atoms with E-state index in [1.54, 1.807) is 34.6 Å². The number of benzene rings is 4. The Morgan fingerprint density at radius 1 is 0.531 bits per heavy atom. The van der Waals surface area contributed by atoms with Crippen molar-refractivity contribution in [3.05, 3.63) is 149 Å². The van der Waals surface area contributed by atoms with Gasteiger partial charge in [0.2, 0.25) is 11.9 Å². The van der Waals surface area contributed by atoms with E-state index in [0.29, 0.717) is 5.95 Å². The number of rotatable bonds is 6. The van der Waals surface area contributed by atoms with Crippen LogP contribution in [-0.4, -0.2) is 61.6 Å². The second-order valence-corrected chi connectivity index (χ2v) is 18.9. The van der Waals surface area contributed by atoms with Gasteiger partial charge in [-0.05, 0) is 124 Å². The largest absolute Gasteiger partial charge is 0.494 e. The Balaban J connectivity index is 0.000000163. The lowest BCUT2D eigenvalue weighted by atomic mass is 9.79. The van der Waals surface area contributed by atoms with Gasteiger partial charge >= 0.3 is 19.3 Å². The summed E-state index contributed by atoms with van der Waals surface area (Å²) in [5.41, 5.74) is 15.1. The van der Waals surface area contributed by atoms with E-state index in [4.69, 9.17) is 30.2 Å². The fourth-order valence-corrected chi connectivity index (χ4v) is 8.05. The number of ether oxygens (including phenoxy) is 2. The molecule has 16 heteroatoms. The maximum atomic E-state index is 12.7. The van der Waals surface area contributed by atoms with Crippen molar-refractivity contribution in [3.8, 4) is 11.1 Å². The molecule has 14 nitrogen and oxygen atoms in total. The molecule has 9 rings (SSSR count). The number of nitrogens with two attached hydrogens (primary N) is 2. The monoisotopic (exact) mass is 974 g/mol. The zero-order valence-corrected chi connectivity index (χ0v) is 39.3. The highest BCUT2D eigenvalue weighted by molar-refractivity contribution is 14.1. The molecular formula is C48H52BIN8O6. The highest BCUT2D eigenvalue weighted by atomic mass is 127. The number of nitrogens with zero attached hydrogens (tertiary/aromatic N) is 6. The lowest BCUT2D eigenvalue weighted by Gasteiger charge is -2.32. The molecule has 3 aliphatic rings. The average molecular weight is 975 g/mol. The Hall–Kier alpha value is -6.11. The maximum Gasteiger partial charge on any atom is 0.494 e. The molecule has 330 valence electrons. The average Bonchev–Trinajstić information content (AvgIpc) is 3.76. The molecule has 4 aromatic carbocycles. The van der Waals surface area contributed by atoms with Gasteiger partial charge in [0.25, 0.3) is 0 Å². The molecular weight excluding hydrogens is 922 g/mol. The van der Waals surface area contributed by atoms with Crippen molar-refractivity contribution in [3.63, 3.8) is 0 Å². The molecule has 5 heterocycles. The van der Waals surface area contributed by atoms with Gasteiger partial charge < -0.3 is 30.2 Å². The number of anilines is 4. The van der Waals surface area contributed by atoms with Gasteiger partial charge in [-0.1, -0.05) is 84.9 Å². The highest BCUT2D eigenvalue weighted by Gasteiger charge is 2.53. The summed E-state index contributed by atoms with van der Waals surface area (Å²) in [6.45, 7) is 15.9. The van der Waals surface area contributed by atoms with E-state index < -0.39 is 29.5 Å². The topological polar surface area (TPSA) is 181 Å². The molecule has 6 aromatic rings. The van der Waals surface area contributed by atoms with E-state index in [1.807, 2.05) is 165 Å². The van der Waals surface area contributed by atoms with Crippen molar-refractivity contribution < 1.29 is 28.4 Å². The second kappa shape index (κ2) is 18.2. The van der Waals surface area contributed by atoms with Gasteiger partial charge in [0.15, 0.2) is 0 Å². The number of halogens is 1. The zero-order valence-electron chi connectivity index (χ0n) is 37.1. The Morgan fingerprint density at radius 2 is 0.906 bits per heavy atom. The summed E-state index contributed by atoms with van der Waals surface area (Å²) in [4.78, 5) is 44.3. The van der Waals surface area contributed by atoms with Crippen LogP contribution < -0.4 is 26.7 Å². The minimum atomic E-state index is -0.637. The Kier molecular flexibility index (Phi) is 13.0. The van der Waals surface area contributed by atoms with E-state index in [1.165, 1.54) is 0 Å². The van der Waals surface area contributed by atoms with Crippen molar-refractivity contribution in [2.45, 2.75) is 89.9 Å². The van der Waals surface area contributed by atoms with Crippen molar-refractivity contribution in [2.75, 3.05) is 21.3 Å². The smallest absolute Gasteiger partial charge is 0.441 e. The zero-order chi connectivity index (χ0) is 46.0. The first kappa shape index (κ1) is 45.9. The fourth-order valence-electron chi connectivity index (χ4n) is 7.77. The fraction of sp³-hybridized carbons (Fsp3) is 0.292. The van der Waals surface area contributed by atoms with Crippen LogP contribution in [0.3, 0.4) is 0 Å². The standard InChI is InChI=1S/C23H28BNO4.C21H20N4O2.C4H4IN3/c1-21(2)19(16-10-8-7-9-11-16)25(20(26)27-21)18-14-12-17(13-15-18)24-28-22(3,4)23(5,6)29-24;1-21(2)18(15-6-4-3-5-7-15)25(20(26)27-21)17-10-8-14(9-11-17)16-12-23-19(22)24-13-16;5-3-1-7-4(6)8-2-3/h7-15,19H,1-6H3;3-13,18H,1-2H3,(H2,22,23,24);1-2H,(H2,6,7,8)/t19-;18-;/m00./s1. The van der Waals surface area contributed by atoms with Gasteiger partial charge in [-0.25, -0.2) is 29.5 Å². The molecule has 2 aromatic heterocycles. The number of cyclic esters (lactones) is 2. The van der Waals surface area contributed by atoms with E-state index in [9.17, 15) is 9.59 Å². The first-order chi connectivity index (χ1) is 30.3. The Morgan fingerprint density at radius 3 is 1.30 bits per heavy atom. The molecule has 2 atom stereocenters. The predicted molar refractivity (Wildman–Crippen MR) is 258 cm³/mol. The van der Waals surface area contributed by atoms with Crippen LogP contribution >= 0.6 is 22.6 Å². The second-order valence-electron chi connectivity index (χ2n) is 17.6. The van der Waals surface area contributed by atoms with Crippen LogP contribution in [0.4, 0.5) is 32.9 Å². The number of hydrogen-bond acceptors (Lipinski definition) is 12. The molecule has 2 amide bonds. The lowest BCUT2D eigenvalue weighted by molar-refractivity contribution is 0.00578. The summed E-state index contributed by atoms with van der Waals surface area (Å²) in [6, 6.07) is 35.0. The molecule has 0 aliphatic carbocycles. The highest BCUT2D eigenvalue weighted by Crippen LogP contribution is 2.45. The third kappa shape index (κ3) is 9.83. The van der Waals surface area contributed by atoms with Crippen LogP contribution in [0.2, 0.25) is 0 Å². The molecule has 0 saturated carbocycles.